The first-order valence-corrected chi connectivity index (χ1v) is 11.5. The highest BCUT2D eigenvalue weighted by atomic mass is 19.1. The number of benzene rings is 2. The molecular formula is C26H22FN7O3. The highest BCUT2D eigenvalue weighted by molar-refractivity contribution is 5.76. The molecule has 0 amide bonds. The van der Waals surface area contributed by atoms with Crippen molar-refractivity contribution in [1.82, 2.24) is 35.4 Å². The molecule has 0 atom stereocenters. The first-order chi connectivity index (χ1) is 18.2. The smallest absolute Gasteiger partial charge is 0.290 e. The molecule has 1 aliphatic carbocycles. The zero-order valence-corrected chi connectivity index (χ0v) is 19.5. The molecule has 0 unspecified atom stereocenters. The summed E-state index contributed by atoms with van der Waals surface area (Å²) in [6, 6.07) is 18.7. The quantitative estimate of drug-likeness (QED) is 0.317. The van der Waals surface area contributed by atoms with Crippen LogP contribution in [-0.2, 0) is 11.3 Å². The lowest BCUT2D eigenvalue weighted by atomic mass is 10.1. The van der Waals surface area contributed by atoms with Crippen molar-refractivity contribution in [3.63, 3.8) is 0 Å². The lowest BCUT2D eigenvalue weighted by Gasteiger charge is -2.08. The van der Waals surface area contributed by atoms with E-state index in [0.29, 0.717) is 23.3 Å². The molecule has 0 radical (unpaired) electrons. The molecule has 10 nitrogen and oxygen atoms in total. The van der Waals surface area contributed by atoms with Crippen LogP contribution in [0.15, 0.2) is 77.6 Å². The average Bonchev–Trinajstić information content (AvgIpc) is 3.45. The molecule has 37 heavy (non-hydrogen) atoms. The largest absolute Gasteiger partial charge is 0.483 e. The van der Waals surface area contributed by atoms with Gasteiger partial charge in [0.15, 0.2) is 5.69 Å². The zero-order chi connectivity index (χ0) is 25.6. The van der Waals surface area contributed by atoms with Crippen LogP contribution in [0.1, 0.15) is 18.4 Å². The first kappa shape index (κ1) is 23.9. The van der Waals surface area contributed by atoms with Gasteiger partial charge < -0.3 is 14.9 Å². The van der Waals surface area contributed by atoms with Crippen molar-refractivity contribution >= 4 is 6.47 Å². The summed E-state index contributed by atoms with van der Waals surface area (Å²) in [7, 11) is 0. The number of halogens is 1. The van der Waals surface area contributed by atoms with Crippen LogP contribution in [0.3, 0.4) is 0 Å². The summed E-state index contributed by atoms with van der Waals surface area (Å²) in [4.78, 5) is 17.0. The third-order valence-corrected chi connectivity index (χ3v) is 5.72. The third-order valence-electron chi connectivity index (χ3n) is 5.72. The van der Waals surface area contributed by atoms with E-state index in [-0.39, 0.29) is 18.1 Å². The SMILES string of the molecule is Fc1ccccc1-n1nnc(-c2nc(-c3ccc(CNC4CC4)cc3)no2)c1-c1ccncc1.O=CO. The van der Waals surface area contributed by atoms with Crippen molar-refractivity contribution in [2.24, 2.45) is 0 Å². The van der Waals surface area contributed by atoms with E-state index in [1.165, 1.54) is 29.2 Å². The Morgan fingerprint density at radius 3 is 2.49 bits per heavy atom. The molecular weight excluding hydrogens is 477 g/mol. The van der Waals surface area contributed by atoms with Gasteiger partial charge >= 0.3 is 0 Å². The number of para-hydroxylation sites is 1. The summed E-state index contributed by atoms with van der Waals surface area (Å²) in [5.74, 6) is 0.221. The summed E-state index contributed by atoms with van der Waals surface area (Å²) in [6.07, 6.45) is 5.81. The molecule has 3 aromatic heterocycles. The monoisotopic (exact) mass is 499 g/mol. The minimum absolute atomic E-state index is 0.198. The number of nitrogens with zero attached hydrogens (tertiary/aromatic N) is 6. The number of pyridine rings is 1. The first-order valence-electron chi connectivity index (χ1n) is 11.5. The van der Waals surface area contributed by atoms with Gasteiger partial charge in [-0.1, -0.05) is 46.8 Å². The van der Waals surface area contributed by atoms with Crippen molar-refractivity contribution in [3.8, 4) is 39.9 Å². The number of hydrogen-bond acceptors (Lipinski definition) is 8. The van der Waals surface area contributed by atoms with Crippen molar-refractivity contribution in [1.29, 1.82) is 0 Å². The van der Waals surface area contributed by atoms with Gasteiger partial charge in [-0.3, -0.25) is 9.78 Å². The Hall–Kier alpha value is -4.77. The summed E-state index contributed by atoms with van der Waals surface area (Å²) in [6.45, 7) is 0.594. The van der Waals surface area contributed by atoms with Gasteiger partial charge in [-0.15, -0.1) is 5.10 Å². The van der Waals surface area contributed by atoms with E-state index in [0.717, 1.165) is 17.7 Å². The molecule has 1 aliphatic rings. The fourth-order valence-electron chi connectivity index (χ4n) is 3.75. The number of nitrogens with one attached hydrogen (secondary N) is 1. The zero-order valence-electron chi connectivity index (χ0n) is 19.5. The number of aromatic nitrogens is 6. The van der Waals surface area contributed by atoms with Gasteiger partial charge in [0.2, 0.25) is 5.82 Å². The molecule has 0 saturated heterocycles. The van der Waals surface area contributed by atoms with Crippen LogP contribution in [0.2, 0.25) is 0 Å². The Balaban J connectivity index is 0.000000892. The Morgan fingerprint density at radius 2 is 1.78 bits per heavy atom. The van der Waals surface area contributed by atoms with Gasteiger partial charge in [0, 0.05) is 36.1 Å². The minimum Gasteiger partial charge on any atom is -0.483 e. The van der Waals surface area contributed by atoms with Crippen LogP contribution >= 0.6 is 0 Å². The summed E-state index contributed by atoms with van der Waals surface area (Å²) < 4.78 is 21.6. The van der Waals surface area contributed by atoms with Crippen LogP contribution in [-0.4, -0.2) is 47.7 Å². The summed E-state index contributed by atoms with van der Waals surface area (Å²) in [5, 5.41) is 23.0. The van der Waals surface area contributed by atoms with E-state index < -0.39 is 5.82 Å². The Labute approximate surface area is 210 Å². The van der Waals surface area contributed by atoms with Crippen molar-refractivity contribution in [3.05, 3.63) is 84.4 Å². The molecule has 2 N–H and O–H groups in total. The average molecular weight is 500 g/mol. The molecule has 6 rings (SSSR count). The molecule has 11 heteroatoms. The van der Waals surface area contributed by atoms with Gasteiger partial charge in [-0.25, -0.2) is 9.07 Å². The van der Waals surface area contributed by atoms with E-state index in [1.807, 2.05) is 12.1 Å². The van der Waals surface area contributed by atoms with E-state index in [2.05, 4.69) is 42.9 Å². The maximum absolute atomic E-state index is 14.6. The lowest BCUT2D eigenvalue weighted by molar-refractivity contribution is -0.122. The molecule has 0 spiro atoms. The molecule has 2 aromatic carbocycles. The minimum atomic E-state index is -0.420. The Kier molecular flexibility index (Phi) is 7.04. The Bertz CT molecular complexity index is 1480. The van der Waals surface area contributed by atoms with E-state index >= 15 is 0 Å². The molecule has 1 fully saturated rings. The van der Waals surface area contributed by atoms with Crippen LogP contribution in [0, 0.1) is 5.82 Å². The molecule has 186 valence electrons. The lowest BCUT2D eigenvalue weighted by Crippen LogP contribution is -2.15. The van der Waals surface area contributed by atoms with Gasteiger partial charge in [0.05, 0.1) is 0 Å². The molecule has 3 heterocycles. The third kappa shape index (κ3) is 5.41. The second-order valence-electron chi connectivity index (χ2n) is 8.27. The number of rotatable bonds is 7. The van der Waals surface area contributed by atoms with Gasteiger partial charge in [-0.05, 0) is 42.7 Å². The van der Waals surface area contributed by atoms with Crippen LogP contribution in [0.25, 0.3) is 39.9 Å². The van der Waals surface area contributed by atoms with Gasteiger partial charge in [0.1, 0.15) is 17.2 Å². The highest BCUT2D eigenvalue weighted by Crippen LogP contribution is 2.32. The summed E-state index contributed by atoms with van der Waals surface area (Å²) >= 11 is 0. The van der Waals surface area contributed by atoms with E-state index in [9.17, 15) is 4.39 Å². The van der Waals surface area contributed by atoms with Crippen molar-refractivity contribution in [2.75, 3.05) is 0 Å². The number of hydrogen-bond donors (Lipinski definition) is 2. The van der Waals surface area contributed by atoms with Crippen LogP contribution < -0.4 is 5.32 Å². The van der Waals surface area contributed by atoms with E-state index in [4.69, 9.17) is 14.4 Å². The molecule has 0 aliphatic heterocycles. The molecule has 5 aromatic rings. The normalized spacial score (nSPS) is 12.6. The highest BCUT2D eigenvalue weighted by Gasteiger charge is 2.24. The number of carbonyl (C=O) groups is 1. The predicted octanol–water partition coefficient (Wildman–Crippen LogP) is 4.14. The molecule has 1 saturated carbocycles. The fraction of sp³-hybridized carbons (Fsp3) is 0.154. The fourth-order valence-corrected chi connectivity index (χ4v) is 3.75. The second-order valence-corrected chi connectivity index (χ2v) is 8.27. The Morgan fingerprint density at radius 1 is 1.05 bits per heavy atom. The predicted molar refractivity (Wildman–Crippen MR) is 132 cm³/mol. The second kappa shape index (κ2) is 10.9. The van der Waals surface area contributed by atoms with Crippen molar-refractivity contribution < 1.29 is 18.8 Å². The maximum Gasteiger partial charge on any atom is 0.290 e. The topological polar surface area (TPSA) is 132 Å². The van der Waals surface area contributed by atoms with E-state index in [1.54, 1.807) is 42.7 Å². The molecule has 0 bridgehead atoms. The standard InChI is InChI=1S/C25H20FN7O.CH2O2/c26-20-3-1-2-4-21(20)33-23(17-11-13-27-14-12-17)22(30-32-33)25-29-24(31-34-25)18-7-5-16(6-8-18)15-28-19-9-10-19;2-1-3/h1-8,11-14,19,28H,9-10,15H2;1H,(H,2,3). The van der Waals surface area contributed by atoms with Crippen molar-refractivity contribution in [2.45, 2.75) is 25.4 Å². The number of carboxylic acid groups (broad SMARTS) is 1. The maximum atomic E-state index is 14.6. The van der Waals surface area contributed by atoms with Crippen LogP contribution in [0.4, 0.5) is 4.39 Å². The van der Waals surface area contributed by atoms with Gasteiger partial charge in [-0.2, -0.15) is 4.98 Å². The van der Waals surface area contributed by atoms with Gasteiger partial charge in [0.25, 0.3) is 12.4 Å². The van der Waals surface area contributed by atoms with Crippen LogP contribution in [0.5, 0.6) is 0 Å². The summed E-state index contributed by atoms with van der Waals surface area (Å²) in [5.41, 5.74) is 3.93.